The average Bonchev–Trinajstić information content (AvgIpc) is 2.69. The molecule has 0 aromatic heterocycles. The van der Waals surface area contributed by atoms with Crippen LogP contribution in [0.2, 0.25) is 18.1 Å². The Morgan fingerprint density at radius 1 is 1.06 bits per heavy atom. The number of fused-ring (bicyclic) bond motifs is 1. The molecule has 0 aromatic carbocycles. The molecule has 0 radical (unpaired) electrons. The second kappa shape index (κ2) is 9.72. The number of rotatable bonds is 9. The van der Waals surface area contributed by atoms with E-state index in [2.05, 4.69) is 33.9 Å². The van der Waals surface area contributed by atoms with Gasteiger partial charge in [0.25, 0.3) is 0 Å². The van der Waals surface area contributed by atoms with Gasteiger partial charge in [-0.05, 0) is 38.9 Å². The summed E-state index contributed by atoms with van der Waals surface area (Å²) >= 11 is 0. The highest BCUT2D eigenvalue weighted by Crippen LogP contribution is 2.43. The van der Waals surface area contributed by atoms with E-state index in [1.165, 1.54) is 14.2 Å². The first-order valence-corrected chi connectivity index (χ1v) is 13.7. The van der Waals surface area contributed by atoms with Crippen molar-refractivity contribution in [1.82, 2.24) is 0 Å². The standard InChI is InChI=1S/C21H40O9Si/c1-11-25-13-26-15-14(12-27-31(9,10)19(2,3)4)28-18(22)17-16(15)29-20(5,23-7)21(6,24-8)30-17/h14-17H,11-13H2,1-10H3/t14-,15-,16+,17-,20-,21-/m1/s1. The predicted octanol–water partition coefficient (Wildman–Crippen LogP) is 2.82. The van der Waals surface area contributed by atoms with Gasteiger partial charge in [0.15, 0.2) is 20.5 Å². The zero-order chi connectivity index (χ0) is 23.7. The lowest BCUT2D eigenvalue weighted by molar-refractivity contribution is -0.457. The van der Waals surface area contributed by atoms with Crippen molar-refractivity contribution in [2.24, 2.45) is 0 Å². The van der Waals surface area contributed by atoms with Gasteiger partial charge in [0.05, 0.1) is 6.61 Å². The highest BCUT2D eigenvalue weighted by atomic mass is 28.4. The fourth-order valence-corrected chi connectivity index (χ4v) is 4.29. The van der Waals surface area contributed by atoms with Crippen molar-refractivity contribution < 1.29 is 42.4 Å². The monoisotopic (exact) mass is 464 g/mol. The molecule has 0 bridgehead atoms. The Hall–Kier alpha value is -0.593. The molecule has 0 N–H and O–H groups in total. The van der Waals surface area contributed by atoms with E-state index in [4.69, 9.17) is 37.6 Å². The molecule has 0 amide bonds. The van der Waals surface area contributed by atoms with E-state index in [1.54, 1.807) is 13.8 Å². The lowest BCUT2D eigenvalue weighted by Gasteiger charge is -2.54. The molecule has 2 rings (SSSR count). The number of cyclic esters (lactones) is 1. The second-order valence-electron chi connectivity index (χ2n) is 9.71. The Morgan fingerprint density at radius 2 is 1.65 bits per heavy atom. The first kappa shape index (κ1) is 26.7. The highest BCUT2D eigenvalue weighted by Gasteiger charge is 2.63. The van der Waals surface area contributed by atoms with Crippen molar-refractivity contribution in [2.75, 3.05) is 34.2 Å². The summed E-state index contributed by atoms with van der Waals surface area (Å²) in [4.78, 5) is 12.9. The maximum absolute atomic E-state index is 12.9. The van der Waals surface area contributed by atoms with Crippen LogP contribution in [0.4, 0.5) is 0 Å². The van der Waals surface area contributed by atoms with Gasteiger partial charge < -0.3 is 37.6 Å². The first-order chi connectivity index (χ1) is 14.2. The van der Waals surface area contributed by atoms with Crippen LogP contribution in [-0.4, -0.2) is 84.5 Å². The molecule has 182 valence electrons. The maximum Gasteiger partial charge on any atom is 0.338 e. The third-order valence-electron chi connectivity index (χ3n) is 6.77. The van der Waals surface area contributed by atoms with Crippen molar-refractivity contribution in [3.8, 4) is 0 Å². The number of carbonyl (C=O) groups is 1. The van der Waals surface area contributed by atoms with E-state index in [9.17, 15) is 4.79 Å². The molecule has 0 saturated carbocycles. The van der Waals surface area contributed by atoms with E-state index >= 15 is 0 Å². The second-order valence-corrected chi connectivity index (χ2v) is 14.5. The van der Waals surface area contributed by atoms with Gasteiger partial charge in [0, 0.05) is 20.8 Å². The van der Waals surface area contributed by atoms with Gasteiger partial charge in [-0.2, -0.15) is 0 Å². The highest BCUT2D eigenvalue weighted by molar-refractivity contribution is 6.74. The Bertz CT molecular complexity index is 622. The molecule has 2 saturated heterocycles. The number of ether oxygens (including phenoxy) is 7. The Kier molecular flexibility index (Phi) is 8.36. The summed E-state index contributed by atoms with van der Waals surface area (Å²) in [7, 11) is 0.882. The van der Waals surface area contributed by atoms with E-state index < -0.39 is 50.3 Å². The van der Waals surface area contributed by atoms with Crippen LogP contribution in [0.25, 0.3) is 0 Å². The van der Waals surface area contributed by atoms with E-state index in [1.807, 2.05) is 6.92 Å². The minimum Gasteiger partial charge on any atom is -0.455 e. The van der Waals surface area contributed by atoms with Crippen molar-refractivity contribution >= 4 is 14.3 Å². The van der Waals surface area contributed by atoms with Gasteiger partial charge in [0.1, 0.15) is 19.0 Å². The van der Waals surface area contributed by atoms with Gasteiger partial charge in [0.2, 0.25) is 11.6 Å². The quantitative estimate of drug-likeness (QED) is 0.221. The average molecular weight is 465 g/mol. The van der Waals surface area contributed by atoms with Gasteiger partial charge in [-0.1, -0.05) is 20.8 Å². The summed E-state index contributed by atoms with van der Waals surface area (Å²) in [6.45, 7) is 16.7. The molecule has 10 heteroatoms. The fourth-order valence-electron chi connectivity index (χ4n) is 3.28. The number of methoxy groups -OCH3 is 2. The zero-order valence-electron chi connectivity index (χ0n) is 20.6. The smallest absolute Gasteiger partial charge is 0.338 e. The summed E-state index contributed by atoms with van der Waals surface area (Å²) in [6.07, 6.45) is -3.18. The molecule has 0 aromatic rings. The Labute approximate surface area is 187 Å². The third-order valence-corrected chi connectivity index (χ3v) is 11.3. The van der Waals surface area contributed by atoms with Crippen molar-refractivity contribution in [1.29, 1.82) is 0 Å². The summed E-state index contributed by atoms with van der Waals surface area (Å²) in [5, 5.41) is 0.00916. The molecule has 0 unspecified atom stereocenters. The largest absolute Gasteiger partial charge is 0.455 e. The number of esters is 1. The molecular weight excluding hydrogens is 424 g/mol. The first-order valence-electron chi connectivity index (χ1n) is 10.7. The minimum atomic E-state index is -2.08. The van der Waals surface area contributed by atoms with Crippen LogP contribution in [0.5, 0.6) is 0 Å². The Balaban J connectivity index is 2.30. The van der Waals surface area contributed by atoms with Crippen molar-refractivity contribution in [2.45, 2.75) is 95.7 Å². The minimum absolute atomic E-state index is 0.00916. The number of carbonyl (C=O) groups excluding carboxylic acids is 1. The van der Waals surface area contributed by atoms with Gasteiger partial charge in [-0.15, -0.1) is 0 Å². The molecular formula is C21H40O9Si. The molecule has 2 aliphatic rings. The lowest BCUT2D eigenvalue weighted by Crippen LogP contribution is -2.72. The molecule has 2 heterocycles. The molecule has 0 spiro atoms. The van der Waals surface area contributed by atoms with Crippen LogP contribution >= 0.6 is 0 Å². The lowest BCUT2D eigenvalue weighted by atomic mass is 9.95. The molecule has 2 fully saturated rings. The number of hydrogen-bond donors (Lipinski definition) is 0. The van der Waals surface area contributed by atoms with Gasteiger partial charge in [-0.3, -0.25) is 0 Å². The molecule has 31 heavy (non-hydrogen) atoms. The Morgan fingerprint density at radius 3 is 2.16 bits per heavy atom. The van der Waals surface area contributed by atoms with Crippen molar-refractivity contribution in [3.05, 3.63) is 0 Å². The normalized spacial score (nSPS) is 36.8. The van der Waals surface area contributed by atoms with E-state index in [0.717, 1.165) is 0 Å². The van der Waals surface area contributed by atoms with Crippen LogP contribution in [-0.2, 0) is 42.4 Å². The molecule has 6 atom stereocenters. The predicted molar refractivity (Wildman–Crippen MR) is 115 cm³/mol. The van der Waals surface area contributed by atoms with Crippen LogP contribution in [0.3, 0.4) is 0 Å². The summed E-state index contributed by atoms with van der Waals surface area (Å²) in [5.74, 6) is -3.15. The number of hydrogen-bond acceptors (Lipinski definition) is 9. The van der Waals surface area contributed by atoms with Crippen LogP contribution < -0.4 is 0 Å². The zero-order valence-corrected chi connectivity index (χ0v) is 21.6. The molecule has 2 aliphatic heterocycles. The van der Waals surface area contributed by atoms with Crippen LogP contribution in [0.1, 0.15) is 41.5 Å². The van der Waals surface area contributed by atoms with Gasteiger partial charge >= 0.3 is 5.97 Å². The third kappa shape index (κ3) is 5.32. The summed E-state index contributed by atoms with van der Waals surface area (Å²) < 4.78 is 46.8. The van der Waals surface area contributed by atoms with Crippen molar-refractivity contribution in [3.63, 3.8) is 0 Å². The van der Waals surface area contributed by atoms with Gasteiger partial charge in [-0.25, -0.2) is 4.79 Å². The van der Waals surface area contributed by atoms with E-state index in [-0.39, 0.29) is 18.4 Å². The maximum atomic E-state index is 12.9. The SMILES string of the molecule is CCOCO[C@H]1[C@@H]2O[C@@](C)(OC)[C@](C)(OC)O[C@H]2C(=O)O[C@@H]1CO[Si](C)(C)C(C)(C)C. The van der Waals surface area contributed by atoms with E-state index in [0.29, 0.717) is 6.61 Å². The van der Waals surface area contributed by atoms with Crippen LogP contribution in [0, 0.1) is 0 Å². The topological polar surface area (TPSA) is 90.9 Å². The molecule has 0 aliphatic carbocycles. The summed E-state index contributed by atoms with van der Waals surface area (Å²) in [5.41, 5.74) is 0. The van der Waals surface area contributed by atoms with Crippen LogP contribution in [0.15, 0.2) is 0 Å². The molecule has 9 nitrogen and oxygen atoms in total. The fraction of sp³-hybridized carbons (Fsp3) is 0.952. The summed E-state index contributed by atoms with van der Waals surface area (Å²) in [6, 6.07) is 0.